The van der Waals surface area contributed by atoms with E-state index in [0.717, 1.165) is 24.2 Å². The third kappa shape index (κ3) is 2.01. The van der Waals surface area contributed by atoms with Gasteiger partial charge >= 0.3 is 0 Å². The Morgan fingerprint density at radius 1 is 1.00 bits per heavy atom. The van der Waals surface area contributed by atoms with Crippen LogP contribution in [0.1, 0.15) is 19.3 Å². The van der Waals surface area contributed by atoms with Crippen LogP contribution in [0.5, 0.6) is 0 Å². The summed E-state index contributed by atoms with van der Waals surface area (Å²) < 4.78 is 11.3. The first-order chi connectivity index (χ1) is 7.42. The predicted molar refractivity (Wildman–Crippen MR) is 58.3 cm³/mol. The molecule has 1 fully saturated rings. The summed E-state index contributed by atoms with van der Waals surface area (Å²) in [4.78, 5) is 0. The van der Waals surface area contributed by atoms with Crippen molar-refractivity contribution in [2.75, 3.05) is 13.2 Å². The van der Waals surface area contributed by atoms with Crippen molar-refractivity contribution in [1.82, 2.24) is 0 Å². The molecule has 0 aromatic heterocycles. The van der Waals surface area contributed by atoms with Crippen molar-refractivity contribution in [3.63, 3.8) is 0 Å². The van der Waals surface area contributed by atoms with Gasteiger partial charge in [0.05, 0.1) is 13.2 Å². The second-order valence-electron chi connectivity index (χ2n) is 4.84. The van der Waals surface area contributed by atoms with Gasteiger partial charge < -0.3 is 9.47 Å². The van der Waals surface area contributed by atoms with Crippen molar-refractivity contribution in [2.24, 2.45) is 17.8 Å². The van der Waals surface area contributed by atoms with E-state index >= 15 is 0 Å². The summed E-state index contributed by atoms with van der Waals surface area (Å²) in [5.41, 5.74) is 0. The summed E-state index contributed by atoms with van der Waals surface area (Å²) in [6.45, 7) is 1.42. The van der Waals surface area contributed by atoms with Crippen LogP contribution in [0, 0.1) is 17.8 Å². The lowest BCUT2D eigenvalue weighted by Crippen LogP contribution is -2.22. The van der Waals surface area contributed by atoms with Crippen LogP contribution >= 0.6 is 0 Å². The second kappa shape index (κ2) is 4.11. The maximum absolute atomic E-state index is 5.64. The lowest BCUT2D eigenvalue weighted by atomic mass is 9.90. The summed E-state index contributed by atoms with van der Waals surface area (Å²) in [6.07, 6.45) is 12.7. The fourth-order valence-corrected chi connectivity index (χ4v) is 3.06. The van der Waals surface area contributed by atoms with Crippen LogP contribution in [-0.4, -0.2) is 19.5 Å². The minimum Gasteiger partial charge on any atom is -0.349 e. The molecule has 3 aliphatic rings. The zero-order valence-corrected chi connectivity index (χ0v) is 8.97. The van der Waals surface area contributed by atoms with Crippen molar-refractivity contribution in [3.8, 4) is 0 Å². The standard InChI is InChI=1S/C13H18O2/c1-2-6-15-13(14-5-1)9-12-8-10-3-4-11(12)7-10/h1-4,10-13H,5-9H2. The molecule has 0 radical (unpaired) electrons. The fraction of sp³-hybridized carbons (Fsp3) is 0.692. The van der Waals surface area contributed by atoms with E-state index in [4.69, 9.17) is 9.47 Å². The number of hydrogen-bond donors (Lipinski definition) is 0. The van der Waals surface area contributed by atoms with Crippen LogP contribution in [0.2, 0.25) is 0 Å². The van der Waals surface area contributed by atoms with Crippen LogP contribution in [0.4, 0.5) is 0 Å². The molecule has 3 atom stereocenters. The Morgan fingerprint density at radius 3 is 2.40 bits per heavy atom. The SMILES string of the molecule is C1=CCOC(CC2CC3C=CC2C3)OC1. The van der Waals surface area contributed by atoms with Crippen LogP contribution in [0.15, 0.2) is 24.3 Å². The predicted octanol–water partition coefficient (Wildman–Crippen LogP) is 2.52. The van der Waals surface area contributed by atoms with Gasteiger partial charge in [0.2, 0.25) is 0 Å². The van der Waals surface area contributed by atoms with E-state index in [1.807, 2.05) is 12.2 Å². The monoisotopic (exact) mass is 206 g/mol. The van der Waals surface area contributed by atoms with E-state index < -0.39 is 0 Å². The molecule has 1 aliphatic heterocycles. The second-order valence-corrected chi connectivity index (χ2v) is 4.84. The molecule has 0 amide bonds. The van der Waals surface area contributed by atoms with E-state index in [9.17, 15) is 0 Å². The fourth-order valence-electron chi connectivity index (χ4n) is 3.06. The molecule has 0 N–H and O–H groups in total. The van der Waals surface area contributed by atoms with Crippen molar-refractivity contribution < 1.29 is 9.47 Å². The molecule has 0 aromatic carbocycles. The summed E-state index contributed by atoms with van der Waals surface area (Å²) in [7, 11) is 0. The Bertz CT molecular complexity index is 272. The summed E-state index contributed by atoms with van der Waals surface area (Å²) in [6, 6.07) is 0. The third-order valence-corrected chi connectivity index (χ3v) is 3.83. The summed E-state index contributed by atoms with van der Waals surface area (Å²) >= 11 is 0. The molecule has 15 heavy (non-hydrogen) atoms. The first-order valence-corrected chi connectivity index (χ1v) is 5.98. The van der Waals surface area contributed by atoms with Gasteiger partial charge in [0.1, 0.15) is 0 Å². The van der Waals surface area contributed by atoms with Gasteiger partial charge in [0.15, 0.2) is 6.29 Å². The van der Waals surface area contributed by atoms with E-state index in [1.165, 1.54) is 12.8 Å². The minimum absolute atomic E-state index is 0.0257. The van der Waals surface area contributed by atoms with Crippen molar-refractivity contribution in [2.45, 2.75) is 25.6 Å². The van der Waals surface area contributed by atoms with E-state index in [-0.39, 0.29) is 6.29 Å². The van der Waals surface area contributed by atoms with E-state index in [2.05, 4.69) is 12.2 Å². The summed E-state index contributed by atoms with van der Waals surface area (Å²) in [5.74, 6) is 2.45. The molecule has 2 heteroatoms. The first-order valence-electron chi connectivity index (χ1n) is 5.98. The molecule has 0 saturated heterocycles. The molecule has 3 unspecified atom stereocenters. The lowest BCUT2D eigenvalue weighted by molar-refractivity contribution is -0.133. The zero-order valence-electron chi connectivity index (χ0n) is 8.97. The molecule has 1 heterocycles. The van der Waals surface area contributed by atoms with Gasteiger partial charge in [-0.3, -0.25) is 0 Å². The Balaban J connectivity index is 1.55. The topological polar surface area (TPSA) is 18.5 Å². The minimum atomic E-state index is 0.0257. The lowest BCUT2D eigenvalue weighted by Gasteiger charge is -2.23. The quantitative estimate of drug-likeness (QED) is 0.646. The molecule has 2 nitrogen and oxygen atoms in total. The molecular weight excluding hydrogens is 188 g/mol. The van der Waals surface area contributed by atoms with Crippen LogP contribution < -0.4 is 0 Å². The molecule has 3 rings (SSSR count). The van der Waals surface area contributed by atoms with Crippen molar-refractivity contribution in [3.05, 3.63) is 24.3 Å². The van der Waals surface area contributed by atoms with Crippen LogP contribution in [-0.2, 0) is 9.47 Å². The Hall–Kier alpha value is -0.600. The Labute approximate surface area is 90.9 Å². The maximum atomic E-state index is 5.64. The number of rotatable bonds is 2. The van der Waals surface area contributed by atoms with Crippen LogP contribution in [0.3, 0.4) is 0 Å². The molecular formula is C13H18O2. The molecule has 2 bridgehead atoms. The van der Waals surface area contributed by atoms with Gasteiger partial charge in [-0.05, 0) is 30.6 Å². The largest absolute Gasteiger partial charge is 0.349 e. The van der Waals surface area contributed by atoms with Crippen LogP contribution in [0.25, 0.3) is 0 Å². The number of allylic oxidation sites excluding steroid dienone is 2. The molecule has 0 aromatic rings. The van der Waals surface area contributed by atoms with E-state index in [1.54, 1.807) is 0 Å². The highest BCUT2D eigenvalue weighted by Gasteiger charge is 2.37. The molecule has 0 spiro atoms. The number of hydrogen-bond acceptors (Lipinski definition) is 2. The zero-order chi connectivity index (χ0) is 10.1. The third-order valence-electron chi connectivity index (χ3n) is 3.83. The van der Waals surface area contributed by atoms with Gasteiger partial charge in [0.25, 0.3) is 0 Å². The normalized spacial score (nSPS) is 39.9. The van der Waals surface area contributed by atoms with Gasteiger partial charge in [-0.1, -0.05) is 24.3 Å². The Morgan fingerprint density at radius 2 is 1.80 bits per heavy atom. The highest BCUT2D eigenvalue weighted by molar-refractivity contribution is 5.10. The van der Waals surface area contributed by atoms with Gasteiger partial charge in [-0.25, -0.2) is 0 Å². The van der Waals surface area contributed by atoms with E-state index in [0.29, 0.717) is 13.2 Å². The van der Waals surface area contributed by atoms with Gasteiger partial charge in [-0.2, -0.15) is 0 Å². The number of fused-ring (bicyclic) bond motifs is 2. The molecule has 2 aliphatic carbocycles. The highest BCUT2D eigenvalue weighted by atomic mass is 16.7. The van der Waals surface area contributed by atoms with Gasteiger partial charge in [-0.15, -0.1) is 0 Å². The first kappa shape index (κ1) is 9.61. The summed E-state index contributed by atoms with van der Waals surface area (Å²) in [5, 5.41) is 0. The average Bonchev–Trinajstić information content (AvgIpc) is 2.75. The molecule has 1 saturated carbocycles. The van der Waals surface area contributed by atoms with Crippen molar-refractivity contribution >= 4 is 0 Å². The van der Waals surface area contributed by atoms with Gasteiger partial charge in [0, 0.05) is 6.42 Å². The maximum Gasteiger partial charge on any atom is 0.158 e. The smallest absolute Gasteiger partial charge is 0.158 e. The highest BCUT2D eigenvalue weighted by Crippen LogP contribution is 2.45. The van der Waals surface area contributed by atoms with Crippen molar-refractivity contribution in [1.29, 1.82) is 0 Å². The number of ether oxygens (including phenoxy) is 2. The average molecular weight is 206 g/mol. The molecule has 82 valence electrons. The Kier molecular flexibility index (Phi) is 2.63.